The molecule has 5 nitrogen and oxygen atoms in total. The third-order valence-corrected chi connectivity index (χ3v) is 6.07. The SMILES string of the molecule is CCCCCN1C(=O)C(=O)/C(=C(/O)c2cc(C)ccc2OC)C1c1ccc(C(C)C)cc1. The molecule has 1 atom stereocenters. The number of aryl methyl sites for hydroxylation is 1. The number of aliphatic hydroxyl groups is 1. The number of rotatable bonds is 8. The number of carbonyl (C=O) groups is 2. The van der Waals surface area contributed by atoms with E-state index in [0.29, 0.717) is 23.8 Å². The summed E-state index contributed by atoms with van der Waals surface area (Å²) in [5.74, 6) is -0.580. The van der Waals surface area contributed by atoms with Gasteiger partial charge in [-0.2, -0.15) is 0 Å². The van der Waals surface area contributed by atoms with Gasteiger partial charge in [-0.3, -0.25) is 9.59 Å². The lowest BCUT2D eigenvalue weighted by Gasteiger charge is -2.26. The Morgan fingerprint density at radius 1 is 1.09 bits per heavy atom. The molecule has 1 amide bonds. The lowest BCUT2D eigenvalue weighted by atomic mass is 9.92. The van der Waals surface area contributed by atoms with E-state index in [1.807, 2.05) is 37.3 Å². The van der Waals surface area contributed by atoms with Crippen LogP contribution >= 0.6 is 0 Å². The quantitative estimate of drug-likeness (QED) is 0.249. The maximum atomic E-state index is 13.2. The van der Waals surface area contributed by atoms with Crippen LogP contribution in [0.3, 0.4) is 0 Å². The fourth-order valence-electron chi connectivity index (χ4n) is 4.20. The molecule has 1 saturated heterocycles. The monoisotopic (exact) mass is 435 g/mol. The highest BCUT2D eigenvalue weighted by molar-refractivity contribution is 6.46. The molecule has 0 saturated carbocycles. The summed E-state index contributed by atoms with van der Waals surface area (Å²) in [6.07, 6.45) is 2.78. The summed E-state index contributed by atoms with van der Waals surface area (Å²) < 4.78 is 5.43. The van der Waals surface area contributed by atoms with Crippen LogP contribution in [0.15, 0.2) is 48.0 Å². The van der Waals surface area contributed by atoms with Crippen molar-refractivity contribution in [2.45, 2.75) is 58.9 Å². The summed E-state index contributed by atoms with van der Waals surface area (Å²) in [5.41, 5.74) is 3.45. The van der Waals surface area contributed by atoms with E-state index in [4.69, 9.17) is 4.74 Å². The lowest BCUT2D eigenvalue weighted by molar-refractivity contribution is -0.139. The van der Waals surface area contributed by atoms with Crippen molar-refractivity contribution in [3.63, 3.8) is 0 Å². The van der Waals surface area contributed by atoms with Crippen LogP contribution in [0.4, 0.5) is 0 Å². The number of Topliss-reactive ketones (excluding diaryl/α,β-unsaturated/α-hetero) is 1. The van der Waals surface area contributed by atoms with Gasteiger partial charge in [0.2, 0.25) is 0 Å². The van der Waals surface area contributed by atoms with Crippen LogP contribution in [0.5, 0.6) is 5.75 Å². The van der Waals surface area contributed by atoms with Crippen LogP contribution in [0.1, 0.15) is 74.2 Å². The minimum Gasteiger partial charge on any atom is -0.507 e. The molecule has 1 aliphatic heterocycles. The highest BCUT2D eigenvalue weighted by atomic mass is 16.5. The first-order chi connectivity index (χ1) is 15.3. The lowest BCUT2D eigenvalue weighted by Crippen LogP contribution is -2.30. The Bertz CT molecular complexity index is 1020. The highest BCUT2D eigenvalue weighted by Crippen LogP contribution is 2.41. The number of amides is 1. The fourth-order valence-corrected chi connectivity index (χ4v) is 4.20. The molecule has 0 aliphatic carbocycles. The molecule has 1 N–H and O–H groups in total. The van der Waals surface area contributed by atoms with Crippen molar-refractivity contribution in [3.05, 3.63) is 70.3 Å². The number of ketones is 1. The Morgan fingerprint density at radius 3 is 2.38 bits per heavy atom. The van der Waals surface area contributed by atoms with Crippen LogP contribution in [0, 0.1) is 6.92 Å². The largest absolute Gasteiger partial charge is 0.507 e. The van der Waals surface area contributed by atoms with Gasteiger partial charge in [0.05, 0.1) is 24.3 Å². The molecule has 1 fully saturated rings. The first-order valence-corrected chi connectivity index (χ1v) is 11.3. The molecule has 0 aromatic heterocycles. The number of benzene rings is 2. The second-order valence-electron chi connectivity index (χ2n) is 8.72. The summed E-state index contributed by atoms with van der Waals surface area (Å²) in [7, 11) is 1.52. The van der Waals surface area contributed by atoms with E-state index in [-0.39, 0.29) is 11.3 Å². The number of likely N-dealkylation sites (tertiary alicyclic amines) is 1. The van der Waals surface area contributed by atoms with Crippen molar-refractivity contribution < 1.29 is 19.4 Å². The number of hydrogen-bond acceptors (Lipinski definition) is 4. The number of nitrogens with zero attached hydrogens (tertiary/aromatic N) is 1. The summed E-state index contributed by atoms with van der Waals surface area (Å²) in [6, 6.07) is 12.8. The molecule has 0 radical (unpaired) electrons. The van der Waals surface area contributed by atoms with Crippen molar-refractivity contribution in [3.8, 4) is 5.75 Å². The number of methoxy groups -OCH3 is 1. The standard InChI is InChI=1S/C27H33NO4/c1-6-7-8-15-28-24(20-12-10-19(11-13-20)17(2)3)23(26(30)27(28)31)25(29)21-16-18(4)9-14-22(21)32-5/h9-14,16-17,24,29H,6-8,15H2,1-5H3/b25-23+. The number of aliphatic hydroxyl groups excluding tert-OH is 1. The molecular formula is C27H33NO4. The van der Waals surface area contributed by atoms with Crippen LogP contribution < -0.4 is 4.74 Å². The van der Waals surface area contributed by atoms with Crippen molar-refractivity contribution in [2.24, 2.45) is 0 Å². The Labute approximate surface area is 190 Å². The number of hydrogen-bond donors (Lipinski definition) is 1. The van der Waals surface area contributed by atoms with E-state index in [9.17, 15) is 14.7 Å². The zero-order chi connectivity index (χ0) is 23.4. The molecule has 0 spiro atoms. The summed E-state index contributed by atoms with van der Waals surface area (Å²) in [6.45, 7) is 8.71. The van der Waals surface area contributed by atoms with E-state index >= 15 is 0 Å². The predicted molar refractivity (Wildman–Crippen MR) is 127 cm³/mol. The highest BCUT2D eigenvalue weighted by Gasteiger charge is 2.46. The maximum Gasteiger partial charge on any atom is 0.295 e. The summed E-state index contributed by atoms with van der Waals surface area (Å²) in [5, 5.41) is 11.3. The molecule has 32 heavy (non-hydrogen) atoms. The second-order valence-corrected chi connectivity index (χ2v) is 8.72. The average molecular weight is 436 g/mol. The van der Waals surface area contributed by atoms with Gasteiger partial charge in [-0.1, -0.05) is 69.5 Å². The Kier molecular flexibility index (Phi) is 7.39. The van der Waals surface area contributed by atoms with Gasteiger partial charge in [-0.05, 0) is 42.5 Å². The summed E-state index contributed by atoms with van der Waals surface area (Å²) in [4.78, 5) is 27.8. The van der Waals surface area contributed by atoms with Gasteiger partial charge >= 0.3 is 0 Å². The van der Waals surface area contributed by atoms with Crippen LogP contribution in [0.25, 0.3) is 5.76 Å². The predicted octanol–water partition coefficient (Wildman–Crippen LogP) is 5.74. The van der Waals surface area contributed by atoms with Gasteiger partial charge in [0.1, 0.15) is 11.5 Å². The van der Waals surface area contributed by atoms with Crippen molar-refractivity contribution >= 4 is 17.4 Å². The Hall–Kier alpha value is -3.08. The molecule has 0 bridgehead atoms. The van der Waals surface area contributed by atoms with Crippen molar-refractivity contribution in [1.29, 1.82) is 0 Å². The van der Waals surface area contributed by atoms with Crippen LogP contribution in [0.2, 0.25) is 0 Å². The number of carbonyl (C=O) groups excluding carboxylic acids is 2. The van der Waals surface area contributed by atoms with E-state index in [1.165, 1.54) is 12.7 Å². The molecule has 1 aliphatic rings. The number of unbranched alkanes of at least 4 members (excludes halogenated alkanes) is 2. The Morgan fingerprint density at radius 2 is 1.78 bits per heavy atom. The van der Waals surface area contributed by atoms with Gasteiger partial charge in [-0.15, -0.1) is 0 Å². The topological polar surface area (TPSA) is 66.8 Å². The maximum absolute atomic E-state index is 13.2. The van der Waals surface area contributed by atoms with E-state index in [0.717, 1.165) is 30.4 Å². The van der Waals surface area contributed by atoms with E-state index < -0.39 is 17.7 Å². The fraction of sp³-hybridized carbons (Fsp3) is 0.407. The third kappa shape index (κ3) is 4.57. The average Bonchev–Trinajstić information content (AvgIpc) is 3.03. The van der Waals surface area contributed by atoms with E-state index in [1.54, 1.807) is 17.0 Å². The molecule has 2 aromatic carbocycles. The van der Waals surface area contributed by atoms with Gasteiger partial charge in [-0.25, -0.2) is 0 Å². The van der Waals surface area contributed by atoms with Gasteiger partial charge < -0.3 is 14.7 Å². The third-order valence-electron chi connectivity index (χ3n) is 6.07. The first kappa shape index (κ1) is 23.6. The van der Waals surface area contributed by atoms with Crippen LogP contribution in [-0.4, -0.2) is 35.4 Å². The molecular weight excluding hydrogens is 402 g/mol. The molecule has 1 unspecified atom stereocenters. The smallest absolute Gasteiger partial charge is 0.295 e. The molecule has 1 heterocycles. The normalized spacial score (nSPS) is 17.9. The minimum atomic E-state index is -0.652. The zero-order valence-corrected chi connectivity index (χ0v) is 19.6. The zero-order valence-electron chi connectivity index (χ0n) is 19.6. The number of ether oxygens (including phenoxy) is 1. The second kappa shape index (κ2) is 10.0. The minimum absolute atomic E-state index is 0.118. The van der Waals surface area contributed by atoms with Crippen LogP contribution in [-0.2, 0) is 9.59 Å². The van der Waals surface area contributed by atoms with E-state index in [2.05, 4.69) is 20.8 Å². The van der Waals surface area contributed by atoms with Crippen molar-refractivity contribution in [1.82, 2.24) is 4.90 Å². The molecule has 5 heteroatoms. The molecule has 3 rings (SSSR count). The molecule has 2 aromatic rings. The van der Waals surface area contributed by atoms with Crippen molar-refractivity contribution in [2.75, 3.05) is 13.7 Å². The summed E-state index contributed by atoms with van der Waals surface area (Å²) >= 11 is 0. The van der Waals surface area contributed by atoms with Gasteiger partial charge in [0.15, 0.2) is 0 Å². The first-order valence-electron chi connectivity index (χ1n) is 11.3. The Balaban J connectivity index is 2.17. The van der Waals surface area contributed by atoms with Gasteiger partial charge in [0, 0.05) is 6.54 Å². The van der Waals surface area contributed by atoms with Gasteiger partial charge in [0.25, 0.3) is 11.7 Å². The molecule has 170 valence electrons.